The number of aromatic nitrogens is 1. The van der Waals surface area contributed by atoms with Crippen molar-refractivity contribution in [2.24, 2.45) is 0 Å². The molecule has 1 aromatic heterocycles. The number of hydrogen-bond acceptors (Lipinski definition) is 5. The number of benzene rings is 2. The Morgan fingerprint density at radius 2 is 2.05 bits per heavy atom. The zero-order chi connectivity index (χ0) is 15.7. The molecule has 110 valence electrons. The number of anilines is 1. The van der Waals surface area contributed by atoms with E-state index in [-0.39, 0.29) is 22.1 Å². The van der Waals surface area contributed by atoms with Crippen LogP contribution in [-0.2, 0) is 0 Å². The number of nitrogens with zero attached hydrogens (tertiary/aromatic N) is 2. The number of amides is 1. The van der Waals surface area contributed by atoms with Crippen molar-refractivity contribution >= 4 is 40.0 Å². The molecule has 1 heterocycles. The van der Waals surface area contributed by atoms with E-state index in [1.54, 1.807) is 24.3 Å². The zero-order valence-corrected chi connectivity index (χ0v) is 11.7. The molecule has 0 unspecified atom stereocenters. The van der Waals surface area contributed by atoms with Gasteiger partial charge in [-0.15, -0.1) is 0 Å². The quantitative estimate of drug-likeness (QED) is 0.587. The summed E-state index contributed by atoms with van der Waals surface area (Å²) in [6, 6.07) is 10.8. The van der Waals surface area contributed by atoms with Gasteiger partial charge in [-0.05, 0) is 24.3 Å². The molecule has 0 saturated carbocycles. The lowest BCUT2D eigenvalue weighted by atomic mass is 10.2. The minimum atomic E-state index is -0.648. The van der Waals surface area contributed by atoms with Gasteiger partial charge in [0.1, 0.15) is 5.02 Å². The van der Waals surface area contributed by atoms with Crippen LogP contribution in [0, 0.1) is 10.1 Å². The minimum Gasteiger partial charge on any atom is -0.354 e. The molecule has 3 rings (SSSR count). The fraction of sp³-hybridized carbons (Fsp3) is 0. The first-order chi connectivity index (χ1) is 10.6. The molecular formula is C14H8ClN3O4. The van der Waals surface area contributed by atoms with E-state index in [9.17, 15) is 14.9 Å². The topological polar surface area (TPSA) is 98.3 Å². The third-order valence-corrected chi connectivity index (χ3v) is 3.33. The summed E-state index contributed by atoms with van der Waals surface area (Å²) in [6.45, 7) is 0. The summed E-state index contributed by atoms with van der Waals surface area (Å²) < 4.78 is 5.07. The molecule has 1 N–H and O–H groups in total. The summed E-state index contributed by atoms with van der Waals surface area (Å²) in [4.78, 5) is 22.4. The van der Waals surface area contributed by atoms with E-state index in [2.05, 4.69) is 10.5 Å². The molecule has 1 amide bonds. The van der Waals surface area contributed by atoms with Crippen LogP contribution in [0.3, 0.4) is 0 Å². The van der Waals surface area contributed by atoms with Crippen molar-refractivity contribution in [2.75, 3.05) is 5.32 Å². The molecular weight excluding hydrogens is 310 g/mol. The third kappa shape index (κ3) is 2.49. The maximum absolute atomic E-state index is 12.2. The number of nitrogens with one attached hydrogen (secondary N) is 1. The SMILES string of the molecule is O=C(Nc1noc2ccccc12)c1ccc(Cl)c([N+](=O)[O-])c1. The van der Waals surface area contributed by atoms with Crippen molar-refractivity contribution in [3.63, 3.8) is 0 Å². The lowest BCUT2D eigenvalue weighted by Gasteiger charge is -2.03. The molecule has 22 heavy (non-hydrogen) atoms. The van der Waals surface area contributed by atoms with Gasteiger partial charge in [0.15, 0.2) is 11.4 Å². The highest BCUT2D eigenvalue weighted by Gasteiger charge is 2.18. The molecule has 3 aromatic rings. The average Bonchev–Trinajstić information content (AvgIpc) is 2.90. The van der Waals surface area contributed by atoms with Crippen LogP contribution >= 0.6 is 11.6 Å². The highest BCUT2D eigenvalue weighted by Crippen LogP contribution is 2.26. The number of carbonyl (C=O) groups excluding carboxylic acids is 1. The van der Waals surface area contributed by atoms with Gasteiger partial charge >= 0.3 is 0 Å². The van der Waals surface area contributed by atoms with Crippen molar-refractivity contribution in [1.82, 2.24) is 5.16 Å². The molecule has 0 atom stereocenters. The molecule has 0 aliphatic carbocycles. The number of rotatable bonds is 3. The van der Waals surface area contributed by atoms with Crippen molar-refractivity contribution < 1.29 is 14.2 Å². The van der Waals surface area contributed by atoms with Crippen LogP contribution in [0.4, 0.5) is 11.5 Å². The molecule has 0 spiro atoms. The predicted molar refractivity (Wildman–Crippen MR) is 80.1 cm³/mol. The van der Waals surface area contributed by atoms with E-state index in [0.717, 1.165) is 6.07 Å². The Morgan fingerprint density at radius 1 is 1.27 bits per heavy atom. The first kappa shape index (κ1) is 14.0. The van der Waals surface area contributed by atoms with Crippen LogP contribution in [0.1, 0.15) is 10.4 Å². The van der Waals surface area contributed by atoms with Crippen LogP contribution in [0.5, 0.6) is 0 Å². The van der Waals surface area contributed by atoms with Crippen molar-refractivity contribution in [3.8, 4) is 0 Å². The monoisotopic (exact) mass is 317 g/mol. The van der Waals surface area contributed by atoms with Gasteiger partial charge in [-0.2, -0.15) is 0 Å². The van der Waals surface area contributed by atoms with Crippen LogP contribution in [0.25, 0.3) is 11.0 Å². The molecule has 8 heteroatoms. The number of nitro groups is 1. The van der Waals surface area contributed by atoms with Crippen LogP contribution in [0.15, 0.2) is 47.0 Å². The van der Waals surface area contributed by atoms with Crippen LogP contribution in [-0.4, -0.2) is 16.0 Å². The van der Waals surface area contributed by atoms with E-state index in [1.165, 1.54) is 12.1 Å². The van der Waals surface area contributed by atoms with Crippen LogP contribution < -0.4 is 5.32 Å². The third-order valence-electron chi connectivity index (χ3n) is 3.01. The highest BCUT2D eigenvalue weighted by molar-refractivity contribution is 6.32. The Bertz CT molecular complexity index is 891. The fourth-order valence-corrected chi connectivity index (χ4v) is 2.14. The van der Waals surface area contributed by atoms with Crippen molar-refractivity contribution in [1.29, 1.82) is 0 Å². The Labute approximate surface area is 128 Å². The number of hydrogen-bond donors (Lipinski definition) is 1. The first-order valence-corrected chi connectivity index (χ1v) is 6.54. The largest absolute Gasteiger partial charge is 0.354 e. The average molecular weight is 318 g/mol. The summed E-state index contributed by atoms with van der Waals surface area (Å²) in [6.07, 6.45) is 0. The fourth-order valence-electron chi connectivity index (χ4n) is 1.95. The highest BCUT2D eigenvalue weighted by atomic mass is 35.5. The second-order valence-electron chi connectivity index (χ2n) is 4.40. The summed E-state index contributed by atoms with van der Waals surface area (Å²) in [7, 11) is 0. The molecule has 0 fully saturated rings. The van der Waals surface area contributed by atoms with E-state index in [4.69, 9.17) is 16.1 Å². The van der Waals surface area contributed by atoms with Gasteiger partial charge in [0.25, 0.3) is 11.6 Å². The molecule has 0 aliphatic heterocycles. The van der Waals surface area contributed by atoms with E-state index >= 15 is 0 Å². The zero-order valence-electron chi connectivity index (χ0n) is 10.9. The van der Waals surface area contributed by atoms with Crippen molar-refractivity contribution in [3.05, 3.63) is 63.2 Å². The molecule has 0 saturated heterocycles. The lowest BCUT2D eigenvalue weighted by Crippen LogP contribution is -2.12. The van der Waals surface area contributed by atoms with Gasteiger partial charge in [0, 0.05) is 11.6 Å². The summed E-state index contributed by atoms with van der Waals surface area (Å²) in [5, 5.41) is 17.8. The Morgan fingerprint density at radius 3 is 2.82 bits per heavy atom. The number of carbonyl (C=O) groups is 1. The number of para-hydroxylation sites is 1. The second-order valence-corrected chi connectivity index (χ2v) is 4.81. The number of fused-ring (bicyclic) bond motifs is 1. The van der Waals surface area contributed by atoms with Gasteiger partial charge in [0.2, 0.25) is 0 Å². The Kier molecular flexibility index (Phi) is 3.48. The minimum absolute atomic E-state index is 0.0339. The standard InChI is InChI=1S/C14H8ClN3O4/c15-10-6-5-8(7-11(10)18(20)21)14(19)16-13-9-3-1-2-4-12(9)22-17-13/h1-7H,(H,16,17,19). The van der Waals surface area contributed by atoms with Crippen molar-refractivity contribution in [2.45, 2.75) is 0 Å². The summed E-state index contributed by atoms with van der Waals surface area (Å²) >= 11 is 5.72. The van der Waals surface area contributed by atoms with E-state index in [0.29, 0.717) is 11.0 Å². The Hall–Kier alpha value is -2.93. The maximum atomic E-state index is 12.2. The summed E-state index contributed by atoms with van der Waals surface area (Å²) in [5.74, 6) is -0.294. The predicted octanol–water partition coefficient (Wildman–Crippen LogP) is 3.64. The van der Waals surface area contributed by atoms with Gasteiger partial charge in [0.05, 0.1) is 10.3 Å². The van der Waals surface area contributed by atoms with Gasteiger partial charge in [-0.3, -0.25) is 14.9 Å². The summed E-state index contributed by atoms with van der Waals surface area (Å²) in [5.41, 5.74) is 0.294. The Balaban J connectivity index is 1.92. The first-order valence-electron chi connectivity index (χ1n) is 6.16. The normalized spacial score (nSPS) is 10.6. The van der Waals surface area contributed by atoms with Gasteiger partial charge in [-0.25, -0.2) is 0 Å². The lowest BCUT2D eigenvalue weighted by molar-refractivity contribution is -0.384. The van der Waals surface area contributed by atoms with Gasteiger partial charge in [-0.1, -0.05) is 28.9 Å². The smallest absolute Gasteiger partial charge is 0.288 e. The van der Waals surface area contributed by atoms with Crippen LogP contribution in [0.2, 0.25) is 5.02 Å². The molecule has 0 radical (unpaired) electrons. The van der Waals surface area contributed by atoms with Gasteiger partial charge < -0.3 is 9.84 Å². The van der Waals surface area contributed by atoms with E-state index in [1.807, 2.05) is 0 Å². The molecule has 7 nitrogen and oxygen atoms in total. The molecule has 2 aromatic carbocycles. The number of nitro benzene ring substituents is 1. The number of halogens is 1. The second kappa shape index (κ2) is 5.45. The maximum Gasteiger partial charge on any atom is 0.288 e. The van der Waals surface area contributed by atoms with E-state index < -0.39 is 10.8 Å². The molecule has 0 bridgehead atoms. The molecule has 0 aliphatic rings.